The maximum atomic E-state index is 7.33. The van der Waals surface area contributed by atoms with Crippen LogP contribution in [0.2, 0.25) is 0 Å². The minimum absolute atomic E-state index is 1.32. The van der Waals surface area contributed by atoms with E-state index in [-0.39, 0.29) is 0 Å². The van der Waals surface area contributed by atoms with Gasteiger partial charge in [-0.3, -0.25) is 0 Å². The molecule has 0 atom stereocenters. The first kappa shape index (κ1) is 11.3. The highest BCUT2D eigenvalue weighted by molar-refractivity contribution is 6.46. The van der Waals surface area contributed by atoms with Crippen molar-refractivity contribution in [2.45, 2.75) is 6.92 Å². The third-order valence-corrected chi connectivity index (χ3v) is 0.940. The van der Waals surface area contributed by atoms with Gasteiger partial charge in [0.15, 0.2) is 0 Å². The summed E-state index contributed by atoms with van der Waals surface area (Å²) in [6.45, 7) is 2.08. The van der Waals surface area contributed by atoms with Crippen LogP contribution >= 0.6 is 0 Å². The molecule has 0 unspecified atom stereocenters. The fourth-order valence-corrected chi connectivity index (χ4v) is 0.534. The van der Waals surface area contributed by atoms with E-state index < -0.39 is 9.05 Å². The molecular weight excluding hydrogens is 176 g/mol. The first-order chi connectivity index (χ1) is 5.39. The van der Waals surface area contributed by atoms with Crippen LogP contribution in [-0.2, 0) is 0 Å². The molecule has 0 saturated carbocycles. The lowest BCUT2D eigenvalue weighted by atomic mass is 10.2. The third kappa shape index (κ3) is 12.0. The van der Waals surface area contributed by atoms with E-state index in [1.165, 1.54) is 5.56 Å². The minimum Gasteiger partial charge on any atom is -0.368 e. The summed E-state index contributed by atoms with van der Waals surface area (Å²) in [5.41, 5.74) is 1.32. The van der Waals surface area contributed by atoms with E-state index in [4.69, 9.17) is 19.2 Å². The van der Waals surface area contributed by atoms with Crippen LogP contribution in [0.1, 0.15) is 5.56 Å². The van der Waals surface area contributed by atoms with E-state index in [9.17, 15) is 0 Å². The van der Waals surface area contributed by atoms with Gasteiger partial charge in [0.1, 0.15) is 0 Å². The van der Waals surface area contributed by atoms with Crippen LogP contribution in [0.4, 0.5) is 0 Å². The van der Waals surface area contributed by atoms with Gasteiger partial charge >= 0.3 is 9.05 Å². The molecule has 0 aliphatic carbocycles. The largest absolute Gasteiger partial charge is 0.668 e. The molecule has 0 fully saturated rings. The SMILES string of the molecule is Cc1ccccc1.O[Si](O)(O)O. The lowest BCUT2D eigenvalue weighted by Crippen LogP contribution is -2.33. The summed E-state index contributed by atoms with van der Waals surface area (Å²) in [5, 5.41) is 0. The highest BCUT2D eigenvalue weighted by Gasteiger charge is 2.22. The van der Waals surface area contributed by atoms with E-state index in [0.29, 0.717) is 0 Å². The van der Waals surface area contributed by atoms with Crippen molar-refractivity contribution in [3.8, 4) is 0 Å². The standard InChI is InChI=1S/C7H8.H4O4Si/c1-7-5-3-2-4-6-7;1-5(2,3)4/h2-6H,1H3;1-4H. The van der Waals surface area contributed by atoms with Crippen LogP contribution in [0.25, 0.3) is 0 Å². The normalized spacial score (nSPS) is 10.1. The van der Waals surface area contributed by atoms with E-state index in [1.54, 1.807) is 0 Å². The van der Waals surface area contributed by atoms with Gasteiger partial charge in [-0.15, -0.1) is 0 Å². The molecule has 0 saturated heterocycles. The smallest absolute Gasteiger partial charge is 0.368 e. The Morgan fingerprint density at radius 1 is 0.917 bits per heavy atom. The molecule has 0 aliphatic heterocycles. The molecule has 0 amide bonds. The van der Waals surface area contributed by atoms with Gasteiger partial charge in [-0.2, -0.15) is 0 Å². The van der Waals surface area contributed by atoms with Crippen LogP contribution < -0.4 is 0 Å². The predicted octanol–water partition coefficient (Wildman–Crippen LogP) is -0.614. The van der Waals surface area contributed by atoms with Crippen molar-refractivity contribution in [2.24, 2.45) is 0 Å². The molecule has 1 aromatic rings. The third-order valence-electron chi connectivity index (χ3n) is 0.940. The summed E-state index contributed by atoms with van der Waals surface area (Å²) in [4.78, 5) is 29.3. The maximum absolute atomic E-state index is 7.33. The monoisotopic (exact) mass is 188 g/mol. The molecule has 0 radical (unpaired) electrons. The molecule has 4 nitrogen and oxygen atoms in total. The summed E-state index contributed by atoms with van der Waals surface area (Å²) in [5.74, 6) is 0. The summed E-state index contributed by atoms with van der Waals surface area (Å²) < 4.78 is 0. The number of aryl methyl sites for hydroxylation is 1. The number of hydrogen-bond donors (Lipinski definition) is 4. The zero-order chi connectivity index (χ0) is 9.61. The van der Waals surface area contributed by atoms with Crippen molar-refractivity contribution in [3.05, 3.63) is 35.9 Å². The van der Waals surface area contributed by atoms with E-state index >= 15 is 0 Å². The topological polar surface area (TPSA) is 80.9 Å². The lowest BCUT2D eigenvalue weighted by Gasteiger charge is -1.91. The molecule has 0 heterocycles. The average Bonchev–Trinajstić information content (AvgIpc) is 1.85. The highest BCUT2D eigenvalue weighted by Crippen LogP contribution is 1.92. The second kappa shape index (κ2) is 5.02. The average molecular weight is 188 g/mol. The van der Waals surface area contributed by atoms with Crippen molar-refractivity contribution < 1.29 is 19.2 Å². The highest BCUT2D eigenvalue weighted by atomic mass is 28.4. The van der Waals surface area contributed by atoms with Crippen molar-refractivity contribution in [1.82, 2.24) is 0 Å². The van der Waals surface area contributed by atoms with Gasteiger partial charge in [-0.1, -0.05) is 35.9 Å². The van der Waals surface area contributed by atoms with Crippen LogP contribution in [-0.4, -0.2) is 28.2 Å². The van der Waals surface area contributed by atoms with Gasteiger partial charge in [0.2, 0.25) is 0 Å². The van der Waals surface area contributed by atoms with Gasteiger partial charge in [-0.25, -0.2) is 0 Å². The predicted molar refractivity (Wildman–Crippen MR) is 45.8 cm³/mol. The van der Waals surface area contributed by atoms with Crippen molar-refractivity contribution >= 4 is 9.05 Å². The summed E-state index contributed by atoms with van der Waals surface area (Å²) in [6, 6.07) is 10.3. The number of rotatable bonds is 0. The quantitative estimate of drug-likeness (QED) is 0.409. The van der Waals surface area contributed by atoms with Gasteiger partial charge in [0.05, 0.1) is 0 Å². The maximum Gasteiger partial charge on any atom is 0.668 e. The molecule has 0 aromatic heterocycles. The zero-order valence-corrected chi connectivity index (χ0v) is 7.68. The van der Waals surface area contributed by atoms with Gasteiger partial charge in [0.25, 0.3) is 0 Å². The van der Waals surface area contributed by atoms with Crippen LogP contribution in [0.15, 0.2) is 30.3 Å². The summed E-state index contributed by atoms with van der Waals surface area (Å²) in [6.07, 6.45) is 0. The molecule has 0 bridgehead atoms. The Bertz CT molecular complexity index is 200. The molecule has 12 heavy (non-hydrogen) atoms. The summed E-state index contributed by atoms with van der Waals surface area (Å²) in [7, 11) is -4.61. The summed E-state index contributed by atoms with van der Waals surface area (Å²) >= 11 is 0. The zero-order valence-electron chi connectivity index (χ0n) is 6.68. The first-order valence-corrected chi connectivity index (χ1v) is 5.09. The van der Waals surface area contributed by atoms with Crippen molar-refractivity contribution in [3.63, 3.8) is 0 Å². The Balaban J connectivity index is 0.000000217. The molecular formula is C7H12O4Si. The molecule has 0 aliphatic rings. The van der Waals surface area contributed by atoms with Gasteiger partial charge in [0, 0.05) is 0 Å². The first-order valence-electron chi connectivity index (χ1n) is 3.31. The fourth-order valence-electron chi connectivity index (χ4n) is 0.534. The number of hydrogen-bond acceptors (Lipinski definition) is 4. The van der Waals surface area contributed by atoms with Gasteiger partial charge < -0.3 is 19.2 Å². The molecule has 68 valence electrons. The van der Waals surface area contributed by atoms with E-state index in [2.05, 4.69) is 19.1 Å². The molecule has 1 aromatic carbocycles. The lowest BCUT2D eigenvalue weighted by molar-refractivity contribution is 0.117. The molecule has 4 N–H and O–H groups in total. The van der Waals surface area contributed by atoms with Crippen LogP contribution in [0.5, 0.6) is 0 Å². The van der Waals surface area contributed by atoms with Crippen LogP contribution in [0.3, 0.4) is 0 Å². The van der Waals surface area contributed by atoms with Gasteiger partial charge in [-0.05, 0) is 6.92 Å². The van der Waals surface area contributed by atoms with Crippen molar-refractivity contribution in [2.75, 3.05) is 0 Å². The van der Waals surface area contributed by atoms with Crippen molar-refractivity contribution in [1.29, 1.82) is 0 Å². The number of benzene rings is 1. The molecule has 0 spiro atoms. The molecule has 5 heteroatoms. The van der Waals surface area contributed by atoms with E-state index in [1.807, 2.05) is 18.2 Å². The Kier molecular flexibility index (Phi) is 4.71. The molecule has 1 rings (SSSR count). The second-order valence-corrected chi connectivity index (χ2v) is 3.45. The Hall–Kier alpha value is -0.723. The second-order valence-electron chi connectivity index (χ2n) is 2.25. The fraction of sp³-hybridized carbons (Fsp3) is 0.143. The Labute approximate surface area is 71.9 Å². The van der Waals surface area contributed by atoms with Crippen LogP contribution in [0, 0.1) is 6.92 Å². The Morgan fingerprint density at radius 2 is 1.25 bits per heavy atom. The van der Waals surface area contributed by atoms with E-state index in [0.717, 1.165) is 0 Å². The minimum atomic E-state index is -4.61. The Morgan fingerprint density at radius 3 is 1.42 bits per heavy atom.